The maximum Gasteiger partial charge on any atom is 0.243 e. The number of carbonyl (C=O) groups excluding carboxylic acids is 2. The lowest BCUT2D eigenvalue weighted by Crippen LogP contribution is -2.33. The second-order valence-electron chi connectivity index (χ2n) is 6.28. The van der Waals surface area contributed by atoms with E-state index in [-0.39, 0.29) is 17.8 Å². The lowest BCUT2D eigenvalue weighted by atomic mass is 10.1. The molecule has 1 amide bonds. The van der Waals surface area contributed by atoms with Crippen molar-refractivity contribution < 1.29 is 14.3 Å². The first kappa shape index (κ1) is 19.4. The van der Waals surface area contributed by atoms with Gasteiger partial charge in [0.2, 0.25) is 5.91 Å². The highest BCUT2D eigenvalue weighted by Gasteiger charge is 2.26. The van der Waals surface area contributed by atoms with Crippen molar-refractivity contribution in [3.05, 3.63) is 64.5 Å². The fourth-order valence-corrected chi connectivity index (χ4v) is 4.04. The number of halogens is 1. The number of carbonyl (C=O) groups is 2. The van der Waals surface area contributed by atoms with Crippen LogP contribution in [0.3, 0.4) is 0 Å². The van der Waals surface area contributed by atoms with Gasteiger partial charge >= 0.3 is 0 Å². The first-order valence-electron chi connectivity index (χ1n) is 8.63. The van der Waals surface area contributed by atoms with Gasteiger partial charge in [-0.2, -0.15) is 0 Å². The molecule has 0 saturated heterocycles. The topological polar surface area (TPSA) is 55.4 Å². The summed E-state index contributed by atoms with van der Waals surface area (Å²) in [5, 5.41) is 3.38. The molecule has 0 bridgehead atoms. The van der Waals surface area contributed by atoms with Crippen molar-refractivity contribution in [2.75, 3.05) is 6.54 Å². The van der Waals surface area contributed by atoms with Crippen molar-refractivity contribution in [1.29, 1.82) is 0 Å². The number of ketones is 1. The number of Topliss-reactive ketones (excluding diaryl/α,β-unsaturated/α-hetero) is 1. The molecule has 0 aliphatic carbocycles. The van der Waals surface area contributed by atoms with Crippen LogP contribution in [0.1, 0.15) is 28.6 Å². The molecule has 1 atom stereocenters. The molecular formula is C21H20ClNO3S. The molecule has 0 radical (unpaired) electrons. The van der Waals surface area contributed by atoms with Gasteiger partial charge < -0.3 is 10.1 Å². The van der Waals surface area contributed by atoms with Crippen molar-refractivity contribution in [3.8, 4) is 16.2 Å². The van der Waals surface area contributed by atoms with Crippen molar-refractivity contribution in [2.24, 2.45) is 0 Å². The Morgan fingerprint density at radius 1 is 1.41 bits per heavy atom. The Bertz CT molecular complexity index is 916. The number of rotatable bonds is 7. The molecule has 2 heterocycles. The van der Waals surface area contributed by atoms with Crippen LogP contribution in [0.2, 0.25) is 5.02 Å². The second kappa shape index (κ2) is 8.55. The van der Waals surface area contributed by atoms with Gasteiger partial charge in [0.25, 0.3) is 0 Å². The van der Waals surface area contributed by atoms with Crippen LogP contribution in [0.15, 0.2) is 49.1 Å². The average Bonchev–Trinajstić information content (AvgIpc) is 3.27. The number of thiophene rings is 1. The lowest BCUT2D eigenvalue weighted by molar-refractivity contribution is -0.116. The van der Waals surface area contributed by atoms with Crippen molar-refractivity contribution in [2.45, 2.75) is 25.9 Å². The van der Waals surface area contributed by atoms with E-state index in [4.69, 9.17) is 16.3 Å². The molecule has 0 spiro atoms. The standard InChI is InChI=1S/C21H20ClNO3S/c1-3-4-5-6-20(25)23-12-16-10-15-9-14(11-17(22)21(15)26-16)19-8-7-18(27-19)13(2)24/h3,5-9,11,16H,1,4,10,12H2,2H3,(H,23,25). The van der Waals surface area contributed by atoms with E-state index in [1.165, 1.54) is 17.4 Å². The molecule has 140 valence electrons. The van der Waals surface area contributed by atoms with E-state index in [0.29, 0.717) is 30.2 Å². The molecule has 1 aliphatic heterocycles. The minimum atomic E-state index is -0.154. The van der Waals surface area contributed by atoms with Crippen molar-refractivity contribution in [1.82, 2.24) is 5.32 Å². The van der Waals surface area contributed by atoms with Gasteiger partial charge in [-0.15, -0.1) is 17.9 Å². The molecule has 0 saturated carbocycles. The van der Waals surface area contributed by atoms with Crippen LogP contribution in [0, 0.1) is 0 Å². The first-order valence-corrected chi connectivity index (χ1v) is 9.83. The van der Waals surface area contributed by atoms with Crippen LogP contribution < -0.4 is 10.1 Å². The van der Waals surface area contributed by atoms with Crippen LogP contribution in [0.5, 0.6) is 5.75 Å². The summed E-state index contributed by atoms with van der Waals surface area (Å²) in [7, 11) is 0. The smallest absolute Gasteiger partial charge is 0.243 e. The minimum absolute atomic E-state index is 0.0554. The molecule has 1 aromatic heterocycles. The third-order valence-corrected chi connectivity index (χ3v) is 5.68. The largest absolute Gasteiger partial charge is 0.486 e. The number of ether oxygens (including phenoxy) is 1. The Balaban J connectivity index is 1.68. The van der Waals surface area contributed by atoms with Crippen LogP contribution in [0.25, 0.3) is 10.4 Å². The fourth-order valence-electron chi connectivity index (χ4n) is 2.87. The zero-order valence-corrected chi connectivity index (χ0v) is 16.5. The number of benzene rings is 1. The summed E-state index contributed by atoms with van der Waals surface area (Å²) in [6.07, 6.45) is 6.16. The zero-order valence-electron chi connectivity index (χ0n) is 15.0. The van der Waals surface area contributed by atoms with Gasteiger partial charge in [-0.3, -0.25) is 9.59 Å². The fraction of sp³-hybridized carbons (Fsp3) is 0.238. The molecule has 1 N–H and O–H groups in total. The number of allylic oxidation sites excluding steroid dienone is 2. The summed E-state index contributed by atoms with van der Waals surface area (Å²) < 4.78 is 5.91. The molecule has 6 heteroatoms. The monoisotopic (exact) mass is 401 g/mol. The summed E-state index contributed by atoms with van der Waals surface area (Å²) in [5.41, 5.74) is 1.98. The molecular weight excluding hydrogens is 382 g/mol. The second-order valence-corrected chi connectivity index (χ2v) is 7.77. The van der Waals surface area contributed by atoms with Crippen molar-refractivity contribution in [3.63, 3.8) is 0 Å². The Labute approximate surface area is 167 Å². The highest BCUT2D eigenvalue weighted by molar-refractivity contribution is 7.17. The Hall–Kier alpha value is -2.37. The molecule has 3 rings (SSSR count). The van der Waals surface area contributed by atoms with Crippen LogP contribution in [-0.4, -0.2) is 24.3 Å². The molecule has 2 aromatic rings. The maximum absolute atomic E-state index is 11.8. The van der Waals surface area contributed by atoms with Crippen LogP contribution >= 0.6 is 22.9 Å². The normalized spacial score (nSPS) is 15.4. The van der Waals surface area contributed by atoms with Gasteiger partial charge in [-0.1, -0.05) is 23.8 Å². The summed E-state index contributed by atoms with van der Waals surface area (Å²) in [5.74, 6) is 0.573. The SMILES string of the molecule is C=CCC=CC(=O)NCC1Cc2cc(-c3ccc(C(C)=O)s3)cc(Cl)c2O1. The third kappa shape index (κ3) is 4.67. The van der Waals surface area contributed by atoms with Gasteiger partial charge in [-0.25, -0.2) is 0 Å². The van der Waals surface area contributed by atoms with E-state index in [0.717, 1.165) is 20.9 Å². The predicted octanol–water partition coefficient (Wildman–Crippen LogP) is 4.82. The Morgan fingerprint density at radius 2 is 2.22 bits per heavy atom. The van der Waals surface area contributed by atoms with Gasteiger partial charge in [0.05, 0.1) is 16.4 Å². The van der Waals surface area contributed by atoms with Crippen LogP contribution in [0.4, 0.5) is 0 Å². The summed E-state index contributed by atoms with van der Waals surface area (Å²) in [6, 6.07) is 7.67. The number of fused-ring (bicyclic) bond motifs is 1. The maximum atomic E-state index is 11.8. The number of hydrogen-bond donors (Lipinski definition) is 1. The van der Waals surface area contributed by atoms with Gasteiger partial charge in [0.15, 0.2) is 5.78 Å². The highest BCUT2D eigenvalue weighted by atomic mass is 35.5. The number of hydrogen-bond acceptors (Lipinski definition) is 4. The summed E-state index contributed by atoms with van der Waals surface area (Å²) in [4.78, 5) is 25.0. The molecule has 1 aromatic carbocycles. The minimum Gasteiger partial charge on any atom is -0.486 e. The molecule has 27 heavy (non-hydrogen) atoms. The zero-order chi connectivity index (χ0) is 19.4. The highest BCUT2D eigenvalue weighted by Crippen LogP contribution is 2.41. The summed E-state index contributed by atoms with van der Waals surface area (Å²) in [6.45, 7) is 5.57. The van der Waals surface area contributed by atoms with E-state index < -0.39 is 0 Å². The van der Waals surface area contributed by atoms with Gasteiger partial charge in [0.1, 0.15) is 11.9 Å². The lowest BCUT2D eigenvalue weighted by Gasteiger charge is -2.11. The third-order valence-electron chi connectivity index (χ3n) is 4.17. The van der Waals surface area contributed by atoms with Gasteiger partial charge in [-0.05, 0) is 49.2 Å². The Kier molecular flexibility index (Phi) is 6.14. The number of amides is 1. The quantitative estimate of drug-likeness (QED) is 0.411. The van der Waals surface area contributed by atoms with E-state index in [1.807, 2.05) is 24.3 Å². The van der Waals surface area contributed by atoms with E-state index in [2.05, 4.69) is 11.9 Å². The van der Waals surface area contributed by atoms with Crippen molar-refractivity contribution >= 4 is 34.6 Å². The van der Waals surface area contributed by atoms with E-state index in [9.17, 15) is 9.59 Å². The first-order chi connectivity index (χ1) is 13.0. The van der Waals surface area contributed by atoms with E-state index >= 15 is 0 Å². The Morgan fingerprint density at radius 3 is 2.93 bits per heavy atom. The average molecular weight is 402 g/mol. The van der Waals surface area contributed by atoms with E-state index in [1.54, 1.807) is 19.1 Å². The summed E-state index contributed by atoms with van der Waals surface area (Å²) >= 11 is 7.86. The van der Waals surface area contributed by atoms with Gasteiger partial charge in [0, 0.05) is 16.9 Å². The predicted molar refractivity (Wildman–Crippen MR) is 110 cm³/mol. The molecule has 0 fully saturated rings. The molecule has 4 nitrogen and oxygen atoms in total. The van der Waals surface area contributed by atoms with Crippen LogP contribution in [-0.2, 0) is 11.2 Å². The number of nitrogens with one attached hydrogen (secondary N) is 1. The molecule has 1 aliphatic rings. The molecule has 1 unspecified atom stereocenters.